The van der Waals surface area contributed by atoms with Crippen molar-refractivity contribution in [3.63, 3.8) is 0 Å². The number of ether oxygens (including phenoxy) is 1. The molecule has 2 N–H and O–H groups in total. The average molecular weight is 459 g/mol. The summed E-state index contributed by atoms with van der Waals surface area (Å²) in [6, 6.07) is 6.00. The summed E-state index contributed by atoms with van der Waals surface area (Å²) in [5.74, 6) is -2.93. The van der Waals surface area contributed by atoms with E-state index >= 15 is 0 Å². The maximum atomic E-state index is 13.6. The van der Waals surface area contributed by atoms with Gasteiger partial charge in [-0.3, -0.25) is 9.48 Å². The number of nitrogens with zero attached hydrogens (tertiary/aromatic N) is 3. The Balaban J connectivity index is 1.63. The first-order chi connectivity index (χ1) is 15.7. The number of aliphatic hydroxyl groups is 1. The number of anilines is 1. The van der Waals surface area contributed by atoms with E-state index in [0.29, 0.717) is 17.4 Å². The van der Waals surface area contributed by atoms with Crippen LogP contribution in [0.25, 0.3) is 10.9 Å². The number of alkyl halides is 2. The number of aryl methyl sites for hydroxylation is 1. The second-order valence-electron chi connectivity index (χ2n) is 8.74. The van der Waals surface area contributed by atoms with Crippen LogP contribution in [0, 0.1) is 12.8 Å². The molecule has 4 rings (SSSR count). The van der Waals surface area contributed by atoms with E-state index in [0.717, 1.165) is 49.1 Å². The van der Waals surface area contributed by atoms with Crippen LogP contribution in [0.1, 0.15) is 60.4 Å². The second-order valence-corrected chi connectivity index (χ2v) is 8.74. The van der Waals surface area contributed by atoms with Gasteiger partial charge in [-0.15, -0.1) is 0 Å². The molecule has 0 bridgehead atoms. The molecule has 0 radical (unpaired) electrons. The number of rotatable bonds is 6. The monoisotopic (exact) mass is 458 g/mol. The van der Waals surface area contributed by atoms with Crippen molar-refractivity contribution >= 4 is 22.5 Å². The largest absolute Gasteiger partial charge is 0.494 e. The van der Waals surface area contributed by atoms with Crippen LogP contribution in [0.2, 0.25) is 0 Å². The van der Waals surface area contributed by atoms with Crippen molar-refractivity contribution in [1.29, 1.82) is 0 Å². The zero-order valence-corrected chi connectivity index (χ0v) is 18.9. The van der Waals surface area contributed by atoms with E-state index in [9.17, 15) is 18.7 Å². The Morgan fingerprint density at radius 2 is 2.03 bits per heavy atom. The molecule has 1 aliphatic carbocycles. The molecule has 9 heteroatoms. The van der Waals surface area contributed by atoms with Crippen LogP contribution < -0.4 is 10.1 Å². The number of nitrogens with one attached hydrogen (secondary N) is 1. The predicted molar refractivity (Wildman–Crippen MR) is 121 cm³/mol. The first kappa shape index (κ1) is 23.1. The molecule has 0 saturated heterocycles. The van der Waals surface area contributed by atoms with Crippen LogP contribution in [-0.2, 0) is 5.92 Å². The number of carbonyl (C=O) groups excluding carboxylic acids is 1. The Hall–Kier alpha value is -3.07. The lowest BCUT2D eigenvalue weighted by atomic mass is 9.87. The molecule has 2 heterocycles. The highest BCUT2D eigenvalue weighted by molar-refractivity contribution is 6.05. The highest BCUT2D eigenvalue weighted by Gasteiger charge is 2.27. The van der Waals surface area contributed by atoms with E-state index in [1.54, 1.807) is 6.07 Å². The Morgan fingerprint density at radius 1 is 1.30 bits per heavy atom. The third-order valence-corrected chi connectivity index (χ3v) is 6.33. The molecule has 1 saturated carbocycles. The summed E-state index contributed by atoms with van der Waals surface area (Å²) in [5, 5.41) is 17.8. The SMILES string of the molecule is COc1c(NC(=O)c2cccc(C(C)(F)F)n2)cc2cn(C3CCC(CO)CC3)nc2c1C. The predicted octanol–water partition coefficient (Wildman–Crippen LogP) is 4.84. The van der Waals surface area contributed by atoms with Gasteiger partial charge in [-0.25, -0.2) is 4.98 Å². The van der Waals surface area contributed by atoms with Crippen molar-refractivity contribution in [1.82, 2.24) is 14.8 Å². The lowest BCUT2D eigenvalue weighted by Gasteiger charge is -2.27. The van der Waals surface area contributed by atoms with Crippen LogP contribution in [0.15, 0.2) is 30.5 Å². The molecule has 1 aliphatic rings. The van der Waals surface area contributed by atoms with Crippen LogP contribution in [0.5, 0.6) is 5.75 Å². The molecule has 0 atom stereocenters. The van der Waals surface area contributed by atoms with E-state index in [1.807, 2.05) is 17.8 Å². The molecule has 0 unspecified atom stereocenters. The van der Waals surface area contributed by atoms with E-state index in [-0.39, 0.29) is 18.3 Å². The Bertz CT molecular complexity index is 1160. The third kappa shape index (κ3) is 4.68. The molecular formula is C24H28F2N4O3. The Labute approximate surface area is 190 Å². The number of fused-ring (bicyclic) bond motifs is 1. The van der Waals surface area contributed by atoms with Crippen LogP contribution in [-0.4, -0.2) is 39.5 Å². The highest BCUT2D eigenvalue weighted by Crippen LogP contribution is 2.37. The quantitative estimate of drug-likeness (QED) is 0.552. The fraction of sp³-hybridized carbons (Fsp3) is 0.458. The molecular weight excluding hydrogens is 430 g/mol. The smallest absolute Gasteiger partial charge is 0.287 e. The molecule has 0 spiro atoms. The standard InChI is InChI=1S/C24H28F2N4O3/c1-14-21-16(12-30(29-21)17-9-7-15(13-31)8-10-17)11-19(22(14)33-3)28-23(32)18-5-4-6-20(27-18)24(2,25)26/h4-6,11-12,15,17,31H,7-10,13H2,1-3H3,(H,28,32). The summed E-state index contributed by atoms with van der Waals surface area (Å²) in [5.41, 5.74) is 1.40. The first-order valence-electron chi connectivity index (χ1n) is 11.0. The lowest BCUT2D eigenvalue weighted by Crippen LogP contribution is -2.20. The normalized spacial score (nSPS) is 19.0. The van der Waals surface area contributed by atoms with Crippen molar-refractivity contribution in [3.8, 4) is 5.75 Å². The average Bonchev–Trinajstić information content (AvgIpc) is 3.23. The van der Waals surface area contributed by atoms with Gasteiger partial charge in [-0.05, 0) is 56.7 Å². The van der Waals surface area contributed by atoms with E-state index in [2.05, 4.69) is 10.3 Å². The van der Waals surface area contributed by atoms with Gasteiger partial charge in [0.2, 0.25) is 0 Å². The number of aliphatic hydroxyl groups excluding tert-OH is 1. The van der Waals surface area contributed by atoms with Crippen molar-refractivity contribution in [2.45, 2.75) is 51.5 Å². The summed E-state index contributed by atoms with van der Waals surface area (Å²) in [6.07, 6.45) is 5.78. The fourth-order valence-electron chi connectivity index (χ4n) is 4.46. The number of hydrogen-bond acceptors (Lipinski definition) is 5. The number of amides is 1. The molecule has 0 aliphatic heterocycles. The Morgan fingerprint density at radius 3 is 2.67 bits per heavy atom. The van der Waals surface area contributed by atoms with Crippen LogP contribution in [0.3, 0.4) is 0 Å². The molecule has 1 aromatic carbocycles. The van der Waals surface area contributed by atoms with E-state index in [1.165, 1.54) is 25.3 Å². The minimum atomic E-state index is -3.14. The summed E-state index contributed by atoms with van der Waals surface area (Å²) in [6.45, 7) is 2.83. The van der Waals surface area contributed by atoms with Gasteiger partial charge in [-0.1, -0.05) is 6.07 Å². The number of benzene rings is 1. The molecule has 1 fully saturated rings. The number of hydrogen-bond donors (Lipinski definition) is 2. The summed E-state index contributed by atoms with van der Waals surface area (Å²) >= 11 is 0. The summed E-state index contributed by atoms with van der Waals surface area (Å²) in [4.78, 5) is 16.6. The van der Waals surface area contributed by atoms with Crippen molar-refractivity contribution in [2.24, 2.45) is 5.92 Å². The fourth-order valence-corrected chi connectivity index (χ4v) is 4.46. The van der Waals surface area contributed by atoms with Crippen molar-refractivity contribution in [3.05, 3.63) is 47.4 Å². The summed E-state index contributed by atoms with van der Waals surface area (Å²) < 4.78 is 34.8. The van der Waals surface area contributed by atoms with Crippen LogP contribution in [0.4, 0.5) is 14.5 Å². The molecule has 7 nitrogen and oxygen atoms in total. The molecule has 3 aromatic rings. The number of halogens is 2. The van der Waals surface area contributed by atoms with Crippen molar-refractivity contribution < 1.29 is 23.4 Å². The minimum Gasteiger partial charge on any atom is -0.494 e. The van der Waals surface area contributed by atoms with Crippen molar-refractivity contribution in [2.75, 3.05) is 19.0 Å². The van der Waals surface area contributed by atoms with Gasteiger partial charge in [0.05, 0.1) is 24.4 Å². The summed E-state index contributed by atoms with van der Waals surface area (Å²) in [7, 11) is 1.51. The number of methoxy groups -OCH3 is 1. The molecule has 33 heavy (non-hydrogen) atoms. The minimum absolute atomic E-state index is 0.106. The van der Waals surface area contributed by atoms with Gasteiger partial charge in [0, 0.05) is 30.7 Å². The zero-order valence-electron chi connectivity index (χ0n) is 18.9. The second kappa shape index (κ2) is 9.05. The van der Waals surface area contributed by atoms with Crippen LogP contribution >= 0.6 is 0 Å². The highest BCUT2D eigenvalue weighted by atomic mass is 19.3. The van der Waals surface area contributed by atoms with Gasteiger partial charge in [0.1, 0.15) is 17.1 Å². The molecule has 2 aromatic heterocycles. The third-order valence-electron chi connectivity index (χ3n) is 6.33. The van der Waals surface area contributed by atoms with Gasteiger partial charge in [0.15, 0.2) is 0 Å². The van der Waals surface area contributed by atoms with E-state index < -0.39 is 17.5 Å². The zero-order chi connectivity index (χ0) is 23.8. The number of pyridine rings is 1. The maximum absolute atomic E-state index is 13.6. The van der Waals surface area contributed by atoms with Gasteiger partial charge >= 0.3 is 0 Å². The van der Waals surface area contributed by atoms with Gasteiger partial charge < -0.3 is 15.2 Å². The maximum Gasteiger partial charge on any atom is 0.287 e. The van der Waals surface area contributed by atoms with E-state index in [4.69, 9.17) is 9.84 Å². The first-order valence-corrected chi connectivity index (χ1v) is 11.0. The number of carbonyl (C=O) groups is 1. The number of aromatic nitrogens is 3. The van der Waals surface area contributed by atoms with Gasteiger partial charge in [0.25, 0.3) is 11.8 Å². The lowest BCUT2D eigenvalue weighted by molar-refractivity contribution is 0.0126. The molecule has 176 valence electrons. The van der Waals surface area contributed by atoms with Gasteiger partial charge in [-0.2, -0.15) is 13.9 Å². The Kier molecular flexibility index (Phi) is 6.34. The molecule has 1 amide bonds. The topological polar surface area (TPSA) is 89.3 Å².